The van der Waals surface area contributed by atoms with Crippen LogP contribution in [0.3, 0.4) is 0 Å². The van der Waals surface area contributed by atoms with Crippen LogP contribution in [0.15, 0.2) is 35.7 Å². The van der Waals surface area contributed by atoms with Gasteiger partial charge in [-0.2, -0.15) is 13.2 Å². The summed E-state index contributed by atoms with van der Waals surface area (Å²) < 4.78 is 37.5. The van der Waals surface area contributed by atoms with Gasteiger partial charge in [-0.1, -0.05) is 30.3 Å². The van der Waals surface area contributed by atoms with Gasteiger partial charge in [-0.3, -0.25) is 4.90 Å². The minimum absolute atomic E-state index is 0.370. The molecule has 2 atom stereocenters. The third-order valence-corrected chi connectivity index (χ3v) is 5.61. The molecule has 0 saturated carbocycles. The van der Waals surface area contributed by atoms with Crippen LogP contribution in [-0.4, -0.2) is 53.4 Å². The van der Waals surface area contributed by atoms with E-state index in [0.29, 0.717) is 12.0 Å². The molecule has 2 heterocycles. The summed E-state index contributed by atoms with van der Waals surface area (Å²) in [7, 11) is 1.85. The standard InChI is InChI=1S/C18H24N2OS.C2HF3O2/c1-14-13-22-18(19-14)12-20-9-8-17(21-2)16(11-20)10-15-6-4-3-5-7-15;3-2(4,5)1(6)7/h3-7,13,16-17H,8-12H2,1-2H3;(H,6,7)/t16-,17+;/m0./s1. The summed E-state index contributed by atoms with van der Waals surface area (Å²) in [6.45, 7) is 5.23. The number of alkyl halides is 3. The van der Waals surface area contributed by atoms with E-state index in [1.165, 1.54) is 10.6 Å². The van der Waals surface area contributed by atoms with Crippen molar-refractivity contribution in [1.82, 2.24) is 9.88 Å². The van der Waals surface area contributed by atoms with E-state index in [4.69, 9.17) is 14.6 Å². The van der Waals surface area contributed by atoms with Gasteiger partial charge in [0, 0.05) is 37.2 Å². The Bertz CT molecular complexity index is 768. The van der Waals surface area contributed by atoms with Crippen molar-refractivity contribution in [3.63, 3.8) is 0 Å². The van der Waals surface area contributed by atoms with E-state index in [9.17, 15) is 13.2 Å². The maximum atomic E-state index is 10.6. The van der Waals surface area contributed by atoms with E-state index in [1.54, 1.807) is 11.3 Å². The van der Waals surface area contributed by atoms with Gasteiger partial charge in [-0.05, 0) is 25.3 Å². The Hall–Kier alpha value is -1.97. The molecule has 29 heavy (non-hydrogen) atoms. The van der Waals surface area contributed by atoms with E-state index in [-0.39, 0.29) is 0 Å². The number of hydrogen-bond acceptors (Lipinski definition) is 5. The number of aliphatic carboxylic acids is 1. The molecule has 0 aliphatic carbocycles. The number of benzene rings is 1. The number of nitrogens with zero attached hydrogens (tertiary/aromatic N) is 2. The Morgan fingerprint density at radius 3 is 2.52 bits per heavy atom. The zero-order valence-electron chi connectivity index (χ0n) is 16.4. The number of methoxy groups -OCH3 is 1. The molecular formula is C20H25F3N2O3S. The largest absolute Gasteiger partial charge is 0.490 e. The molecule has 1 aliphatic rings. The van der Waals surface area contributed by atoms with Crippen molar-refractivity contribution in [2.75, 3.05) is 20.2 Å². The van der Waals surface area contributed by atoms with Crippen molar-refractivity contribution in [1.29, 1.82) is 0 Å². The van der Waals surface area contributed by atoms with Gasteiger partial charge in [-0.25, -0.2) is 9.78 Å². The Morgan fingerprint density at radius 2 is 2.00 bits per heavy atom. The first-order valence-corrected chi connectivity index (χ1v) is 10.1. The van der Waals surface area contributed by atoms with Crippen LogP contribution < -0.4 is 0 Å². The van der Waals surface area contributed by atoms with Gasteiger partial charge in [0.05, 0.1) is 12.6 Å². The van der Waals surface area contributed by atoms with Gasteiger partial charge in [-0.15, -0.1) is 11.3 Å². The van der Waals surface area contributed by atoms with Crippen molar-refractivity contribution in [3.05, 3.63) is 52.0 Å². The highest BCUT2D eigenvalue weighted by atomic mass is 32.1. The van der Waals surface area contributed by atoms with Crippen LogP contribution in [-0.2, 0) is 22.5 Å². The van der Waals surface area contributed by atoms with Crippen molar-refractivity contribution in [2.24, 2.45) is 5.92 Å². The van der Waals surface area contributed by atoms with Gasteiger partial charge in [0.15, 0.2) is 0 Å². The molecule has 1 aliphatic heterocycles. The first kappa shape index (κ1) is 23.3. The zero-order chi connectivity index (χ0) is 21.4. The Labute approximate surface area is 172 Å². The number of hydrogen-bond donors (Lipinski definition) is 1. The predicted octanol–water partition coefficient (Wildman–Crippen LogP) is 4.16. The van der Waals surface area contributed by atoms with Gasteiger partial charge in [0.2, 0.25) is 0 Å². The number of aromatic nitrogens is 1. The summed E-state index contributed by atoms with van der Waals surface area (Å²) in [6.07, 6.45) is -2.51. The monoisotopic (exact) mass is 430 g/mol. The summed E-state index contributed by atoms with van der Waals surface area (Å²) in [5, 5.41) is 10.5. The fraction of sp³-hybridized carbons (Fsp3) is 0.500. The molecule has 5 nitrogen and oxygen atoms in total. The lowest BCUT2D eigenvalue weighted by Gasteiger charge is -2.37. The van der Waals surface area contributed by atoms with Gasteiger partial charge >= 0.3 is 12.1 Å². The second-order valence-electron chi connectivity index (χ2n) is 6.93. The highest BCUT2D eigenvalue weighted by molar-refractivity contribution is 7.09. The lowest BCUT2D eigenvalue weighted by Crippen LogP contribution is -2.44. The topological polar surface area (TPSA) is 62.7 Å². The number of halogens is 3. The van der Waals surface area contributed by atoms with E-state index in [1.807, 2.05) is 7.11 Å². The van der Waals surface area contributed by atoms with Crippen LogP contribution >= 0.6 is 11.3 Å². The number of carboxylic acids is 1. The van der Waals surface area contributed by atoms with Gasteiger partial charge < -0.3 is 9.84 Å². The number of rotatable bonds is 5. The average molecular weight is 430 g/mol. The molecule has 3 rings (SSSR count). The molecule has 1 aromatic heterocycles. The molecule has 1 saturated heterocycles. The number of ether oxygens (including phenoxy) is 1. The van der Waals surface area contributed by atoms with Gasteiger partial charge in [0.25, 0.3) is 0 Å². The van der Waals surface area contributed by atoms with E-state index in [0.717, 1.165) is 38.2 Å². The van der Waals surface area contributed by atoms with Crippen LogP contribution in [0.1, 0.15) is 22.7 Å². The number of aryl methyl sites for hydroxylation is 1. The van der Waals surface area contributed by atoms with Crippen LogP contribution in [0, 0.1) is 12.8 Å². The molecule has 160 valence electrons. The minimum Gasteiger partial charge on any atom is -0.475 e. The summed E-state index contributed by atoms with van der Waals surface area (Å²) in [5.41, 5.74) is 2.54. The quantitative estimate of drug-likeness (QED) is 0.772. The molecule has 1 fully saturated rings. The molecule has 1 N–H and O–H groups in total. The Balaban J connectivity index is 0.000000370. The maximum Gasteiger partial charge on any atom is 0.490 e. The number of likely N-dealkylation sites (tertiary alicyclic amines) is 1. The lowest BCUT2D eigenvalue weighted by atomic mass is 9.88. The van der Waals surface area contributed by atoms with Crippen LogP contribution in [0.2, 0.25) is 0 Å². The fourth-order valence-electron chi connectivity index (χ4n) is 3.32. The molecule has 0 amide bonds. The highest BCUT2D eigenvalue weighted by Crippen LogP contribution is 2.25. The maximum absolute atomic E-state index is 10.6. The van der Waals surface area contributed by atoms with E-state index >= 15 is 0 Å². The van der Waals surface area contributed by atoms with Crippen molar-refractivity contribution < 1.29 is 27.8 Å². The number of carbonyl (C=O) groups is 1. The molecule has 0 bridgehead atoms. The predicted molar refractivity (Wildman–Crippen MR) is 105 cm³/mol. The highest BCUT2D eigenvalue weighted by Gasteiger charge is 2.38. The Kier molecular flexibility index (Phi) is 8.60. The number of piperidine rings is 1. The zero-order valence-corrected chi connectivity index (χ0v) is 17.2. The number of thiazole rings is 1. The van der Waals surface area contributed by atoms with Crippen LogP contribution in [0.4, 0.5) is 13.2 Å². The van der Waals surface area contributed by atoms with Gasteiger partial charge in [0.1, 0.15) is 5.01 Å². The van der Waals surface area contributed by atoms with Crippen molar-refractivity contribution in [2.45, 2.75) is 38.6 Å². The van der Waals surface area contributed by atoms with E-state index < -0.39 is 12.1 Å². The minimum atomic E-state index is -5.08. The summed E-state index contributed by atoms with van der Waals surface area (Å²) in [5.74, 6) is -2.20. The normalized spacial score (nSPS) is 20.0. The lowest BCUT2D eigenvalue weighted by molar-refractivity contribution is -0.192. The summed E-state index contributed by atoms with van der Waals surface area (Å²) in [6, 6.07) is 10.8. The molecule has 0 spiro atoms. The number of carboxylic acid groups (broad SMARTS) is 1. The third-order valence-electron chi connectivity index (χ3n) is 4.66. The van der Waals surface area contributed by atoms with Crippen molar-refractivity contribution in [3.8, 4) is 0 Å². The van der Waals surface area contributed by atoms with E-state index in [2.05, 4.69) is 52.5 Å². The fourth-order valence-corrected chi connectivity index (χ4v) is 4.13. The molecule has 9 heteroatoms. The summed E-state index contributed by atoms with van der Waals surface area (Å²) >= 11 is 1.77. The smallest absolute Gasteiger partial charge is 0.475 e. The average Bonchev–Trinajstić information content (AvgIpc) is 3.07. The second-order valence-corrected chi connectivity index (χ2v) is 7.88. The molecule has 0 radical (unpaired) electrons. The SMILES string of the molecule is CO[C@@H]1CCN(Cc2nc(C)cs2)C[C@@H]1Cc1ccccc1.O=C(O)C(F)(F)F. The van der Waals surface area contributed by atoms with Crippen LogP contribution in [0.25, 0.3) is 0 Å². The van der Waals surface area contributed by atoms with Crippen molar-refractivity contribution >= 4 is 17.3 Å². The van der Waals surface area contributed by atoms with Crippen LogP contribution in [0.5, 0.6) is 0 Å². The summed E-state index contributed by atoms with van der Waals surface area (Å²) in [4.78, 5) is 16.0. The third kappa shape index (κ3) is 7.75. The molecule has 2 aromatic rings. The molecule has 0 unspecified atom stereocenters. The first-order chi connectivity index (χ1) is 13.7. The Morgan fingerprint density at radius 1 is 1.34 bits per heavy atom. The molecular weight excluding hydrogens is 405 g/mol. The first-order valence-electron chi connectivity index (χ1n) is 9.19. The molecule has 1 aromatic carbocycles. The second kappa shape index (κ2) is 10.7.